The number of carbonyl (C=O) groups excluding carboxylic acids is 1. The first kappa shape index (κ1) is 10.0. The Morgan fingerprint density at radius 3 is 2.29 bits per heavy atom. The number of carbonyl (C=O) groups is 1. The molecule has 0 aromatic carbocycles. The van der Waals surface area contributed by atoms with Crippen LogP contribution >= 0.6 is 0 Å². The Balaban J connectivity index is 1.88. The third kappa shape index (κ3) is 1.94. The Morgan fingerprint density at radius 1 is 1.21 bits per heavy atom. The van der Waals surface area contributed by atoms with E-state index >= 15 is 0 Å². The summed E-state index contributed by atoms with van der Waals surface area (Å²) in [5, 5.41) is 0. The zero-order valence-electron chi connectivity index (χ0n) is 9.33. The minimum Gasteiger partial charge on any atom is -0.343 e. The van der Waals surface area contributed by atoms with Crippen LogP contribution < -0.4 is 0 Å². The summed E-state index contributed by atoms with van der Waals surface area (Å²) in [7, 11) is 1.99. The van der Waals surface area contributed by atoms with Crippen molar-refractivity contribution in [1.82, 2.24) is 4.90 Å². The van der Waals surface area contributed by atoms with E-state index in [0.717, 1.165) is 18.8 Å². The van der Waals surface area contributed by atoms with Crippen molar-refractivity contribution >= 4 is 5.91 Å². The maximum atomic E-state index is 12.0. The highest BCUT2D eigenvalue weighted by Crippen LogP contribution is 2.36. The predicted octanol–water partition coefficient (Wildman–Crippen LogP) is 2.43. The van der Waals surface area contributed by atoms with Crippen molar-refractivity contribution in [2.75, 3.05) is 7.05 Å². The normalized spacial score (nSPS) is 25.0. The van der Waals surface area contributed by atoms with Crippen LogP contribution in [0.15, 0.2) is 0 Å². The molecule has 2 heteroatoms. The average molecular weight is 195 g/mol. The van der Waals surface area contributed by atoms with Crippen LogP contribution in [0.25, 0.3) is 0 Å². The summed E-state index contributed by atoms with van der Waals surface area (Å²) in [6.45, 7) is 2.20. The van der Waals surface area contributed by atoms with Gasteiger partial charge in [0.25, 0.3) is 0 Å². The lowest BCUT2D eigenvalue weighted by Gasteiger charge is -2.27. The number of nitrogens with zero attached hydrogens (tertiary/aromatic N) is 1. The van der Waals surface area contributed by atoms with Crippen molar-refractivity contribution in [3.8, 4) is 0 Å². The van der Waals surface area contributed by atoms with E-state index < -0.39 is 0 Å². The Morgan fingerprint density at radius 2 is 1.79 bits per heavy atom. The molecule has 80 valence electrons. The van der Waals surface area contributed by atoms with E-state index in [0.29, 0.717) is 17.9 Å². The summed E-state index contributed by atoms with van der Waals surface area (Å²) < 4.78 is 0. The van der Waals surface area contributed by atoms with Gasteiger partial charge in [0.2, 0.25) is 5.91 Å². The van der Waals surface area contributed by atoms with Crippen molar-refractivity contribution in [1.29, 1.82) is 0 Å². The molecule has 2 fully saturated rings. The second kappa shape index (κ2) is 3.92. The summed E-state index contributed by atoms with van der Waals surface area (Å²) in [5.41, 5.74) is 0. The molecule has 0 aliphatic heterocycles. The largest absolute Gasteiger partial charge is 0.343 e. The van der Waals surface area contributed by atoms with Crippen LogP contribution in [-0.2, 0) is 4.79 Å². The molecule has 1 amide bonds. The summed E-state index contributed by atoms with van der Waals surface area (Å²) in [6.07, 6.45) is 7.40. The van der Waals surface area contributed by atoms with Crippen LogP contribution in [0.1, 0.15) is 45.4 Å². The molecule has 2 rings (SSSR count). The summed E-state index contributed by atoms with van der Waals surface area (Å²) in [5.74, 6) is 1.55. The average Bonchev–Trinajstić information content (AvgIpc) is 2.90. The van der Waals surface area contributed by atoms with Crippen LogP contribution in [0.5, 0.6) is 0 Å². The monoisotopic (exact) mass is 195 g/mol. The van der Waals surface area contributed by atoms with Crippen LogP contribution in [0.4, 0.5) is 0 Å². The molecule has 1 atom stereocenters. The zero-order chi connectivity index (χ0) is 10.1. The second-order valence-corrected chi connectivity index (χ2v) is 5.01. The maximum Gasteiger partial charge on any atom is 0.225 e. The summed E-state index contributed by atoms with van der Waals surface area (Å²) in [6, 6.07) is 0.475. The van der Waals surface area contributed by atoms with Gasteiger partial charge in [-0.1, -0.05) is 12.8 Å². The van der Waals surface area contributed by atoms with E-state index in [2.05, 4.69) is 6.92 Å². The molecule has 0 radical (unpaired) electrons. The molecule has 2 nitrogen and oxygen atoms in total. The first-order valence-corrected chi connectivity index (χ1v) is 5.97. The van der Waals surface area contributed by atoms with Gasteiger partial charge in [-0.05, 0) is 38.5 Å². The Hall–Kier alpha value is -0.530. The van der Waals surface area contributed by atoms with Gasteiger partial charge >= 0.3 is 0 Å². The van der Waals surface area contributed by atoms with Gasteiger partial charge in [-0.3, -0.25) is 4.79 Å². The van der Waals surface area contributed by atoms with Crippen LogP contribution in [0.3, 0.4) is 0 Å². The number of hydrogen-bond donors (Lipinski definition) is 0. The van der Waals surface area contributed by atoms with Crippen molar-refractivity contribution < 1.29 is 4.79 Å². The quantitative estimate of drug-likeness (QED) is 0.677. The van der Waals surface area contributed by atoms with E-state index in [4.69, 9.17) is 0 Å². The maximum absolute atomic E-state index is 12.0. The van der Waals surface area contributed by atoms with Crippen LogP contribution in [0.2, 0.25) is 0 Å². The van der Waals surface area contributed by atoms with Crippen molar-refractivity contribution in [2.24, 2.45) is 11.8 Å². The minimum absolute atomic E-state index is 0.348. The highest BCUT2D eigenvalue weighted by Gasteiger charge is 2.35. The van der Waals surface area contributed by atoms with Gasteiger partial charge in [-0.15, -0.1) is 0 Å². The van der Waals surface area contributed by atoms with E-state index in [1.807, 2.05) is 11.9 Å². The Labute approximate surface area is 86.7 Å². The number of amides is 1. The number of hydrogen-bond acceptors (Lipinski definition) is 1. The fourth-order valence-corrected chi connectivity index (χ4v) is 2.56. The molecule has 0 spiro atoms. The lowest BCUT2D eigenvalue weighted by Crippen LogP contribution is -2.39. The van der Waals surface area contributed by atoms with E-state index in [1.165, 1.54) is 25.7 Å². The zero-order valence-corrected chi connectivity index (χ0v) is 9.33. The van der Waals surface area contributed by atoms with Gasteiger partial charge in [-0.25, -0.2) is 0 Å². The van der Waals surface area contributed by atoms with E-state index in [1.54, 1.807) is 0 Å². The van der Waals surface area contributed by atoms with Gasteiger partial charge in [0.05, 0.1) is 0 Å². The first-order chi connectivity index (χ1) is 6.70. The second-order valence-electron chi connectivity index (χ2n) is 5.01. The predicted molar refractivity (Wildman–Crippen MR) is 56.9 cm³/mol. The third-order valence-electron chi connectivity index (χ3n) is 3.97. The molecule has 14 heavy (non-hydrogen) atoms. The lowest BCUT2D eigenvalue weighted by atomic mass is 10.1. The fourth-order valence-electron chi connectivity index (χ4n) is 2.56. The van der Waals surface area contributed by atoms with Gasteiger partial charge in [0.1, 0.15) is 0 Å². The molecule has 2 saturated carbocycles. The smallest absolute Gasteiger partial charge is 0.225 e. The molecule has 0 saturated heterocycles. The van der Waals surface area contributed by atoms with Crippen molar-refractivity contribution in [3.05, 3.63) is 0 Å². The first-order valence-electron chi connectivity index (χ1n) is 5.97. The molecule has 0 bridgehead atoms. The molecule has 0 unspecified atom stereocenters. The van der Waals surface area contributed by atoms with Gasteiger partial charge in [0.15, 0.2) is 0 Å². The lowest BCUT2D eigenvalue weighted by molar-refractivity contribution is -0.136. The SMILES string of the molecule is C[C@@H](C1CC1)N(C)C(=O)C1CCCC1. The van der Waals surface area contributed by atoms with Gasteiger partial charge in [-0.2, -0.15) is 0 Å². The molecular weight excluding hydrogens is 174 g/mol. The Bertz CT molecular complexity index is 216. The molecule has 0 heterocycles. The topological polar surface area (TPSA) is 20.3 Å². The molecule has 2 aliphatic carbocycles. The van der Waals surface area contributed by atoms with Crippen molar-refractivity contribution in [3.63, 3.8) is 0 Å². The minimum atomic E-state index is 0.348. The van der Waals surface area contributed by atoms with Gasteiger partial charge in [0, 0.05) is 19.0 Å². The van der Waals surface area contributed by atoms with Gasteiger partial charge < -0.3 is 4.90 Å². The van der Waals surface area contributed by atoms with Crippen molar-refractivity contribution in [2.45, 2.75) is 51.5 Å². The third-order valence-corrected chi connectivity index (χ3v) is 3.97. The van der Waals surface area contributed by atoms with E-state index in [-0.39, 0.29) is 0 Å². The highest BCUT2D eigenvalue weighted by molar-refractivity contribution is 5.79. The molecule has 0 aromatic heterocycles. The highest BCUT2D eigenvalue weighted by atomic mass is 16.2. The number of rotatable bonds is 3. The van der Waals surface area contributed by atoms with E-state index in [9.17, 15) is 4.79 Å². The molecular formula is C12H21NO. The fraction of sp³-hybridized carbons (Fsp3) is 0.917. The molecule has 2 aliphatic rings. The van der Waals surface area contributed by atoms with Crippen LogP contribution in [0, 0.1) is 11.8 Å². The van der Waals surface area contributed by atoms with Crippen LogP contribution in [-0.4, -0.2) is 23.9 Å². The molecule has 0 aromatic rings. The standard InChI is InChI=1S/C12H21NO/c1-9(10-7-8-10)13(2)12(14)11-5-3-4-6-11/h9-11H,3-8H2,1-2H3/t9-/m0/s1. The molecule has 0 N–H and O–H groups in total. The Kier molecular flexibility index (Phi) is 2.80. The summed E-state index contributed by atoms with van der Waals surface area (Å²) in [4.78, 5) is 14.1. The summed E-state index contributed by atoms with van der Waals surface area (Å²) >= 11 is 0.